The van der Waals surface area contributed by atoms with Crippen molar-refractivity contribution in [1.82, 2.24) is 10.2 Å². The number of likely N-dealkylation sites (tertiary alicyclic amines) is 1. The topological polar surface area (TPSA) is 200 Å². The first-order chi connectivity index (χ1) is 23.1. The lowest BCUT2D eigenvalue weighted by Gasteiger charge is -2.26. The maximum Gasteiger partial charge on any atom is 0.227 e. The zero-order valence-electron chi connectivity index (χ0n) is 28.2. The number of nitrogens with zero attached hydrogens (tertiary/aromatic N) is 2. The zero-order valence-corrected chi connectivity index (χ0v) is 28.2. The summed E-state index contributed by atoms with van der Waals surface area (Å²) >= 11 is 0. The smallest absolute Gasteiger partial charge is 0.227 e. The molecule has 48 heavy (non-hydrogen) atoms. The minimum atomic E-state index is -0.795. The lowest BCUT2D eigenvalue weighted by Crippen LogP contribution is -2.46. The quantitative estimate of drug-likeness (QED) is 0.0829. The number of fused-ring (bicyclic) bond motifs is 1. The highest BCUT2D eigenvalue weighted by atomic mass is 16.5. The van der Waals surface area contributed by atoms with Gasteiger partial charge in [0.15, 0.2) is 23.3 Å². The average Bonchev–Trinajstić information content (AvgIpc) is 3.56. The number of amides is 2. The molecular formula is C36H52N6O6. The van der Waals surface area contributed by atoms with Crippen molar-refractivity contribution in [2.45, 2.75) is 89.6 Å². The summed E-state index contributed by atoms with van der Waals surface area (Å²) in [6.07, 6.45) is 4.51. The highest BCUT2D eigenvalue weighted by Gasteiger charge is 2.36. The molecule has 1 aliphatic rings. The molecule has 262 valence electrons. The molecule has 12 nitrogen and oxygen atoms in total. The summed E-state index contributed by atoms with van der Waals surface area (Å²) in [5.74, 6) is -1.63. The summed E-state index contributed by atoms with van der Waals surface area (Å²) in [7, 11) is 0. The molecular weight excluding hydrogens is 612 g/mol. The van der Waals surface area contributed by atoms with Gasteiger partial charge >= 0.3 is 0 Å². The number of nitrogens with one attached hydrogen (secondary N) is 1. The summed E-state index contributed by atoms with van der Waals surface area (Å²) in [6.45, 7) is 2.90. The van der Waals surface area contributed by atoms with Crippen molar-refractivity contribution in [3.8, 4) is 0 Å². The molecule has 3 rings (SSSR count). The van der Waals surface area contributed by atoms with Crippen molar-refractivity contribution in [3.63, 3.8) is 0 Å². The van der Waals surface area contributed by atoms with Gasteiger partial charge in [0.25, 0.3) is 0 Å². The van der Waals surface area contributed by atoms with E-state index in [-0.39, 0.29) is 67.6 Å². The highest BCUT2D eigenvalue weighted by Crippen LogP contribution is 2.26. The Morgan fingerprint density at radius 3 is 2.52 bits per heavy atom. The SMILES string of the molecule is CC(=O)COCCCC(=O)[C@H](CCCN=C(N)N)NC(=O)[C@H](CCCCN)CC(=O)[C@@H]1CCCN1C(=O)Cc1cccc2ccccc12. The Morgan fingerprint density at radius 2 is 1.77 bits per heavy atom. The molecule has 2 aromatic carbocycles. The first-order valence-electron chi connectivity index (χ1n) is 17.0. The van der Waals surface area contributed by atoms with Gasteiger partial charge in [-0.1, -0.05) is 48.9 Å². The average molecular weight is 665 g/mol. The summed E-state index contributed by atoms with van der Waals surface area (Å²) in [5.41, 5.74) is 17.5. The highest BCUT2D eigenvalue weighted by molar-refractivity contribution is 5.96. The van der Waals surface area contributed by atoms with Crippen molar-refractivity contribution in [1.29, 1.82) is 0 Å². The minimum absolute atomic E-state index is 0.0153. The number of hydrogen-bond donors (Lipinski definition) is 4. The van der Waals surface area contributed by atoms with E-state index in [2.05, 4.69) is 10.3 Å². The maximum absolute atomic E-state index is 13.8. The van der Waals surface area contributed by atoms with Crippen LogP contribution in [0.1, 0.15) is 76.7 Å². The van der Waals surface area contributed by atoms with Crippen molar-refractivity contribution in [2.75, 3.05) is 32.8 Å². The van der Waals surface area contributed by atoms with Gasteiger partial charge in [-0.3, -0.25) is 29.0 Å². The minimum Gasteiger partial charge on any atom is -0.374 e. The zero-order chi connectivity index (χ0) is 34.9. The monoisotopic (exact) mass is 664 g/mol. The molecule has 0 aliphatic carbocycles. The molecule has 0 aromatic heterocycles. The molecule has 0 bridgehead atoms. The fraction of sp³-hybridized carbons (Fsp3) is 0.556. The largest absolute Gasteiger partial charge is 0.374 e. The second kappa shape index (κ2) is 20.3. The van der Waals surface area contributed by atoms with Gasteiger partial charge < -0.3 is 32.2 Å². The van der Waals surface area contributed by atoms with Crippen LogP contribution in [0.3, 0.4) is 0 Å². The molecule has 0 saturated carbocycles. The number of aliphatic imine (C=N–C) groups is 1. The number of ketones is 3. The van der Waals surface area contributed by atoms with Crippen LogP contribution in [0.15, 0.2) is 47.5 Å². The Balaban J connectivity index is 1.68. The number of guanidine groups is 1. The van der Waals surface area contributed by atoms with E-state index in [1.165, 1.54) is 6.92 Å². The second-order valence-electron chi connectivity index (χ2n) is 12.5. The second-order valence-corrected chi connectivity index (χ2v) is 12.5. The third kappa shape index (κ3) is 12.5. The van der Waals surface area contributed by atoms with Crippen LogP contribution in [0.2, 0.25) is 0 Å². The predicted molar refractivity (Wildman–Crippen MR) is 186 cm³/mol. The van der Waals surface area contributed by atoms with Crippen molar-refractivity contribution in [2.24, 2.45) is 28.1 Å². The van der Waals surface area contributed by atoms with Gasteiger partial charge in [-0.2, -0.15) is 0 Å². The molecule has 0 unspecified atom stereocenters. The molecule has 1 saturated heterocycles. The van der Waals surface area contributed by atoms with Gasteiger partial charge in [0.05, 0.1) is 18.5 Å². The summed E-state index contributed by atoms with van der Waals surface area (Å²) in [4.78, 5) is 71.0. The standard InChI is InChI=1S/C36H52N6O6/c1-25(43)24-48-21-9-17-32(44)30(15-7-19-40-36(38)39)41-35(47)28(11-4-5-18-37)22-33(45)31-16-8-20-42(31)34(46)23-27-13-6-12-26-10-2-3-14-29(26)27/h2-3,6,10,12-14,28,30-31H,4-5,7-9,11,15-24,37H2,1H3,(H,41,47)(H4,38,39,40)/t28-,30+,31+/m1/s1. The van der Waals surface area contributed by atoms with Crippen LogP contribution in [0, 0.1) is 5.92 Å². The number of benzene rings is 2. The van der Waals surface area contributed by atoms with Gasteiger partial charge in [0.1, 0.15) is 6.61 Å². The van der Waals surface area contributed by atoms with Crippen molar-refractivity contribution in [3.05, 3.63) is 48.0 Å². The van der Waals surface area contributed by atoms with E-state index in [0.29, 0.717) is 71.0 Å². The summed E-state index contributed by atoms with van der Waals surface area (Å²) < 4.78 is 5.28. The molecule has 7 N–H and O–H groups in total. The fourth-order valence-corrected chi connectivity index (χ4v) is 6.20. The molecule has 2 amide bonds. The number of hydrogen-bond acceptors (Lipinski definition) is 8. The van der Waals surface area contributed by atoms with E-state index in [4.69, 9.17) is 21.9 Å². The van der Waals surface area contributed by atoms with Gasteiger partial charge in [-0.05, 0) is 74.8 Å². The van der Waals surface area contributed by atoms with Crippen molar-refractivity contribution >= 4 is 45.9 Å². The number of carbonyl (C=O) groups excluding carboxylic acids is 5. The summed E-state index contributed by atoms with van der Waals surface area (Å²) in [6, 6.07) is 12.4. The Labute approximate surface area is 283 Å². The van der Waals surface area contributed by atoms with Gasteiger partial charge in [-0.25, -0.2) is 0 Å². The van der Waals surface area contributed by atoms with E-state index < -0.39 is 18.0 Å². The van der Waals surface area contributed by atoms with Crippen LogP contribution in [-0.2, 0) is 35.1 Å². The predicted octanol–water partition coefficient (Wildman–Crippen LogP) is 2.57. The first kappa shape index (κ1) is 38.3. The fourth-order valence-electron chi connectivity index (χ4n) is 6.20. The molecule has 1 fully saturated rings. The molecule has 0 spiro atoms. The Hall–Kier alpha value is -4.16. The third-order valence-corrected chi connectivity index (χ3v) is 8.66. The third-order valence-electron chi connectivity index (χ3n) is 8.66. The van der Waals surface area contributed by atoms with E-state index in [0.717, 1.165) is 16.3 Å². The Bertz CT molecular complexity index is 1420. The molecule has 2 aromatic rings. The number of unbranched alkanes of at least 4 members (excludes halogenated alkanes) is 1. The van der Waals surface area contributed by atoms with Crippen LogP contribution in [0.5, 0.6) is 0 Å². The van der Waals surface area contributed by atoms with Crippen LogP contribution >= 0.6 is 0 Å². The number of ether oxygens (including phenoxy) is 1. The Morgan fingerprint density at radius 1 is 1.00 bits per heavy atom. The Kier molecular flexibility index (Phi) is 16.2. The number of nitrogens with two attached hydrogens (primary N) is 3. The molecule has 12 heteroatoms. The molecule has 3 atom stereocenters. The van der Waals surface area contributed by atoms with Crippen LogP contribution in [0.25, 0.3) is 10.8 Å². The normalized spacial score (nSPS) is 15.5. The molecule has 1 heterocycles. The maximum atomic E-state index is 13.8. The molecule has 0 radical (unpaired) electrons. The van der Waals surface area contributed by atoms with Gasteiger partial charge in [0, 0.05) is 38.5 Å². The first-order valence-corrected chi connectivity index (χ1v) is 17.0. The van der Waals surface area contributed by atoms with Gasteiger partial charge in [-0.15, -0.1) is 0 Å². The van der Waals surface area contributed by atoms with Crippen LogP contribution < -0.4 is 22.5 Å². The van der Waals surface area contributed by atoms with Crippen LogP contribution in [-0.4, -0.2) is 85.0 Å². The van der Waals surface area contributed by atoms with Crippen molar-refractivity contribution < 1.29 is 28.7 Å². The van der Waals surface area contributed by atoms with E-state index in [1.54, 1.807) is 4.90 Å². The van der Waals surface area contributed by atoms with E-state index in [1.807, 2.05) is 42.5 Å². The molecule has 1 aliphatic heterocycles. The van der Waals surface area contributed by atoms with E-state index in [9.17, 15) is 24.0 Å². The lowest BCUT2D eigenvalue weighted by molar-refractivity contribution is -0.138. The lowest BCUT2D eigenvalue weighted by atomic mass is 9.91. The van der Waals surface area contributed by atoms with E-state index >= 15 is 0 Å². The van der Waals surface area contributed by atoms with Crippen LogP contribution in [0.4, 0.5) is 0 Å². The van der Waals surface area contributed by atoms with Gasteiger partial charge in [0.2, 0.25) is 11.8 Å². The summed E-state index contributed by atoms with van der Waals surface area (Å²) in [5, 5.41) is 4.98. The number of Topliss-reactive ketones (excluding diaryl/α,β-unsaturated/α-hetero) is 3. The number of carbonyl (C=O) groups is 5. The number of rotatable bonds is 22.